The predicted molar refractivity (Wildman–Crippen MR) is 103 cm³/mol. The van der Waals surface area contributed by atoms with E-state index < -0.39 is 0 Å². The third kappa shape index (κ3) is 3.94. The van der Waals surface area contributed by atoms with Crippen LogP contribution in [0.2, 0.25) is 0 Å². The maximum atomic E-state index is 11.1. The van der Waals surface area contributed by atoms with E-state index in [1.54, 1.807) is 11.3 Å². The Morgan fingerprint density at radius 3 is 3.19 bits per heavy atom. The summed E-state index contributed by atoms with van der Waals surface area (Å²) in [5.41, 5.74) is 2.35. The fourth-order valence-corrected chi connectivity index (χ4v) is 4.64. The summed E-state index contributed by atoms with van der Waals surface area (Å²) in [6.45, 7) is 4.64. The highest BCUT2D eigenvalue weighted by Gasteiger charge is 2.21. The topological polar surface area (TPSA) is 62.5 Å². The number of pyridine rings is 1. The van der Waals surface area contributed by atoms with E-state index in [4.69, 9.17) is 0 Å². The van der Waals surface area contributed by atoms with Gasteiger partial charge in [0.1, 0.15) is 5.65 Å². The SMILES string of the molecule is CC(=O)Nc1ncc(CN2CCCC(Cc3cccc4nccn34)C2)s1. The average molecular weight is 369 g/mol. The lowest BCUT2D eigenvalue weighted by atomic mass is 9.93. The maximum Gasteiger partial charge on any atom is 0.223 e. The number of likely N-dealkylation sites (tertiary alicyclic amines) is 1. The van der Waals surface area contributed by atoms with Crippen LogP contribution >= 0.6 is 11.3 Å². The summed E-state index contributed by atoms with van der Waals surface area (Å²) in [6.07, 6.45) is 9.35. The van der Waals surface area contributed by atoms with Crippen molar-refractivity contribution in [3.63, 3.8) is 0 Å². The molecule has 1 unspecified atom stereocenters. The number of carbonyl (C=O) groups excluding carboxylic acids is 1. The minimum Gasteiger partial charge on any atom is -0.304 e. The van der Waals surface area contributed by atoms with Gasteiger partial charge in [-0.1, -0.05) is 6.07 Å². The largest absolute Gasteiger partial charge is 0.304 e. The molecule has 1 atom stereocenters. The second-order valence-electron chi connectivity index (χ2n) is 6.93. The van der Waals surface area contributed by atoms with Gasteiger partial charge in [0, 0.05) is 49.2 Å². The number of anilines is 1. The van der Waals surface area contributed by atoms with E-state index in [1.807, 2.05) is 24.7 Å². The number of rotatable bonds is 5. The van der Waals surface area contributed by atoms with E-state index in [1.165, 1.54) is 30.3 Å². The van der Waals surface area contributed by atoms with Gasteiger partial charge in [-0.15, -0.1) is 11.3 Å². The predicted octanol–water partition coefficient (Wildman–Crippen LogP) is 3.20. The molecule has 1 aliphatic heterocycles. The number of amides is 1. The Labute approximate surface area is 156 Å². The smallest absolute Gasteiger partial charge is 0.223 e. The van der Waals surface area contributed by atoms with Crippen molar-refractivity contribution in [1.29, 1.82) is 0 Å². The molecule has 1 saturated heterocycles. The van der Waals surface area contributed by atoms with E-state index in [2.05, 4.69) is 36.7 Å². The lowest BCUT2D eigenvalue weighted by molar-refractivity contribution is -0.114. The van der Waals surface area contributed by atoms with Crippen LogP contribution in [-0.2, 0) is 17.8 Å². The molecule has 1 N–H and O–H groups in total. The van der Waals surface area contributed by atoms with Crippen LogP contribution in [0.4, 0.5) is 5.13 Å². The minimum absolute atomic E-state index is 0.0717. The lowest BCUT2D eigenvalue weighted by Gasteiger charge is -2.32. The van der Waals surface area contributed by atoms with Crippen molar-refractivity contribution in [1.82, 2.24) is 19.3 Å². The first-order valence-electron chi connectivity index (χ1n) is 9.03. The molecule has 0 aliphatic carbocycles. The van der Waals surface area contributed by atoms with Crippen molar-refractivity contribution < 1.29 is 4.79 Å². The fraction of sp³-hybridized carbons (Fsp3) is 0.421. The molecule has 136 valence electrons. The van der Waals surface area contributed by atoms with Crippen molar-refractivity contribution in [2.75, 3.05) is 18.4 Å². The molecule has 3 aromatic rings. The van der Waals surface area contributed by atoms with E-state index in [0.29, 0.717) is 11.0 Å². The normalized spacial score (nSPS) is 18.3. The van der Waals surface area contributed by atoms with E-state index in [0.717, 1.165) is 31.7 Å². The van der Waals surface area contributed by atoms with Crippen molar-refractivity contribution >= 4 is 28.0 Å². The summed E-state index contributed by atoms with van der Waals surface area (Å²) in [7, 11) is 0. The Hall–Kier alpha value is -2.25. The number of hydrogen-bond donors (Lipinski definition) is 1. The summed E-state index contributed by atoms with van der Waals surface area (Å²) in [6, 6.07) is 6.35. The molecule has 0 radical (unpaired) electrons. The Balaban J connectivity index is 1.39. The molecule has 0 saturated carbocycles. The van der Waals surface area contributed by atoms with Gasteiger partial charge in [0.05, 0.1) is 0 Å². The van der Waals surface area contributed by atoms with Gasteiger partial charge in [-0.2, -0.15) is 0 Å². The van der Waals surface area contributed by atoms with Crippen molar-refractivity contribution in [2.24, 2.45) is 5.92 Å². The first-order chi connectivity index (χ1) is 12.7. The van der Waals surface area contributed by atoms with E-state index >= 15 is 0 Å². The second-order valence-corrected chi connectivity index (χ2v) is 8.05. The van der Waals surface area contributed by atoms with Crippen LogP contribution in [-0.4, -0.2) is 38.3 Å². The second kappa shape index (κ2) is 7.55. The number of imidazole rings is 1. The van der Waals surface area contributed by atoms with Crippen LogP contribution in [0.5, 0.6) is 0 Å². The van der Waals surface area contributed by atoms with Crippen LogP contribution in [0.3, 0.4) is 0 Å². The third-order valence-electron chi connectivity index (χ3n) is 4.83. The van der Waals surface area contributed by atoms with Gasteiger partial charge in [-0.3, -0.25) is 9.69 Å². The van der Waals surface area contributed by atoms with E-state index in [-0.39, 0.29) is 5.91 Å². The Morgan fingerprint density at radius 1 is 1.38 bits per heavy atom. The number of carbonyl (C=O) groups is 1. The van der Waals surface area contributed by atoms with Crippen LogP contribution in [0.25, 0.3) is 5.65 Å². The lowest BCUT2D eigenvalue weighted by Crippen LogP contribution is -2.35. The quantitative estimate of drug-likeness (QED) is 0.750. The molecular weight excluding hydrogens is 346 g/mol. The molecule has 6 nitrogen and oxygen atoms in total. The minimum atomic E-state index is -0.0717. The van der Waals surface area contributed by atoms with Gasteiger partial charge in [0.15, 0.2) is 5.13 Å². The average Bonchev–Trinajstić information content (AvgIpc) is 3.25. The molecule has 0 bridgehead atoms. The monoisotopic (exact) mass is 369 g/mol. The standard InChI is InChI=1S/C19H23N5OS/c1-14(25)22-19-21-11-17(26-19)13-23-8-3-4-15(12-23)10-16-5-2-6-18-20-7-9-24(16)18/h2,5-7,9,11,15H,3-4,8,10,12-13H2,1H3,(H,21,22,25). The number of fused-ring (bicyclic) bond motifs is 1. The van der Waals surface area contributed by atoms with Crippen LogP contribution < -0.4 is 5.32 Å². The van der Waals surface area contributed by atoms with Crippen LogP contribution in [0.1, 0.15) is 30.3 Å². The van der Waals surface area contributed by atoms with Gasteiger partial charge in [-0.05, 0) is 43.9 Å². The first-order valence-corrected chi connectivity index (χ1v) is 9.84. The number of piperidine rings is 1. The van der Waals surface area contributed by atoms with Gasteiger partial charge in [0.25, 0.3) is 0 Å². The van der Waals surface area contributed by atoms with E-state index in [9.17, 15) is 4.79 Å². The summed E-state index contributed by atoms with van der Waals surface area (Å²) in [5, 5.41) is 3.45. The Bertz CT molecular complexity index is 902. The molecule has 0 aromatic carbocycles. The van der Waals surface area contributed by atoms with Crippen molar-refractivity contribution in [3.05, 3.63) is 47.4 Å². The molecular formula is C19H23N5OS. The maximum absolute atomic E-state index is 11.1. The van der Waals surface area contributed by atoms with Gasteiger partial charge >= 0.3 is 0 Å². The van der Waals surface area contributed by atoms with Crippen LogP contribution in [0, 0.1) is 5.92 Å². The first kappa shape index (κ1) is 17.2. The van der Waals surface area contributed by atoms with Crippen molar-refractivity contribution in [2.45, 2.75) is 32.7 Å². The van der Waals surface area contributed by atoms with Crippen LogP contribution in [0.15, 0.2) is 36.8 Å². The molecule has 1 aliphatic rings. The number of thiazole rings is 1. The summed E-state index contributed by atoms with van der Waals surface area (Å²) < 4.78 is 2.20. The van der Waals surface area contributed by atoms with Crippen molar-refractivity contribution in [3.8, 4) is 0 Å². The molecule has 7 heteroatoms. The zero-order valence-electron chi connectivity index (χ0n) is 14.9. The van der Waals surface area contributed by atoms with Gasteiger partial charge in [-0.25, -0.2) is 9.97 Å². The zero-order chi connectivity index (χ0) is 17.9. The molecule has 4 heterocycles. The fourth-order valence-electron chi connectivity index (χ4n) is 3.74. The molecule has 3 aromatic heterocycles. The highest BCUT2D eigenvalue weighted by atomic mass is 32.1. The Kier molecular flexibility index (Phi) is 4.99. The molecule has 1 amide bonds. The summed E-state index contributed by atoms with van der Waals surface area (Å²) >= 11 is 1.57. The summed E-state index contributed by atoms with van der Waals surface area (Å²) in [4.78, 5) is 23.5. The molecule has 1 fully saturated rings. The highest BCUT2D eigenvalue weighted by Crippen LogP contribution is 2.25. The molecule has 26 heavy (non-hydrogen) atoms. The zero-order valence-corrected chi connectivity index (χ0v) is 15.7. The summed E-state index contributed by atoms with van der Waals surface area (Å²) in [5.74, 6) is 0.581. The van der Waals surface area contributed by atoms with Gasteiger partial charge in [0.2, 0.25) is 5.91 Å². The number of aromatic nitrogens is 3. The van der Waals surface area contributed by atoms with Gasteiger partial charge < -0.3 is 9.72 Å². The number of nitrogens with one attached hydrogen (secondary N) is 1. The highest BCUT2D eigenvalue weighted by molar-refractivity contribution is 7.15. The Morgan fingerprint density at radius 2 is 2.31 bits per heavy atom. The molecule has 4 rings (SSSR count). The third-order valence-corrected chi connectivity index (χ3v) is 5.73. The molecule has 0 spiro atoms. The number of nitrogens with zero attached hydrogens (tertiary/aromatic N) is 4. The number of hydrogen-bond acceptors (Lipinski definition) is 5.